The number of carbonyl (C=O) groups is 1. The number of aromatic amines is 1. The summed E-state index contributed by atoms with van der Waals surface area (Å²) < 4.78 is 13.9. The van der Waals surface area contributed by atoms with Gasteiger partial charge in [0.25, 0.3) is 0 Å². The maximum absolute atomic E-state index is 13.9. The second-order valence-corrected chi connectivity index (χ2v) is 5.34. The van der Waals surface area contributed by atoms with Crippen molar-refractivity contribution < 1.29 is 19.4 Å². The maximum atomic E-state index is 13.9. The number of carboxylic acid groups (broad SMARTS) is 1. The molecule has 3 N–H and O–H groups in total. The van der Waals surface area contributed by atoms with E-state index in [1.165, 1.54) is 11.1 Å². The number of H-pyrrole nitrogens is 1. The van der Waals surface area contributed by atoms with Gasteiger partial charge in [0.15, 0.2) is 5.82 Å². The van der Waals surface area contributed by atoms with E-state index < -0.39 is 18.0 Å². The molecular weight excluding hydrogens is 277 g/mol. The Bertz CT molecular complexity index is 665. The third-order valence-electron chi connectivity index (χ3n) is 4.15. The molecule has 3 heterocycles. The molecule has 2 aromatic heterocycles. The van der Waals surface area contributed by atoms with Gasteiger partial charge in [0.05, 0.1) is 24.0 Å². The highest BCUT2D eigenvalue weighted by Gasteiger charge is 2.30. The summed E-state index contributed by atoms with van der Waals surface area (Å²) in [5.41, 5.74) is 1.06. The summed E-state index contributed by atoms with van der Waals surface area (Å²) in [6, 6.07) is 0. The normalized spacial score (nSPS) is 18.1. The summed E-state index contributed by atoms with van der Waals surface area (Å²) >= 11 is 0. The fourth-order valence-corrected chi connectivity index (χ4v) is 2.96. The van der Waals surface area contributed by atoms with Crippen LogP contribution in [0.3, 0.4) is 0 Å². The maximum Gasteiger partial charge on any atom is 0.407 e. The summed E-state index contributed by atoms with van der Waals surface area (Å²) in [6.07, 6.45) is 3.61. The Hall–Kier alpha value is -2.15. The Morgan fingerprint density at radius 2 is 2.14 bits per heavy atom. The van der Waals surface area contributed by atoms with Crippen LogP contribution in [0.5, 0.6) is 0 Å². The lowest BCUT2D eigenvalue weighted by Gasteiger charge is -2.32. The smallest absolute Gasteiger partial charge is 0.407 e. The topological polar surface area (TPSA) is 89.5 Å². The second kappa shape index (κ2) is 5.33. The van der Waals surface area contributed by atoms with Crippen LogP contribution in [0.2, 0.25) is 0 Å². The Kier molecular flexibility index (Phi) is 3.50. The summed E-state index contributed by atoms with van der Waals surface area (Å²) in [5, 5.41) is 19.8. The molecule has 1 fully saturated rings. The molecule has 1 atom stereocenters. The highest BCUT2D eigenvalue weighted by atomic mass is 19.1. The van der Waals surface area contributed by atoms with Crippen LogP contribution in [0.15, 0.2) is 18.6 Å². The van der Waals surface area contributed by atoms with Crippen LogP contribution in [-0.2, 0) is 0 Å². The lowest BCUT2D eigenvalue weighted by Crippen LogP contribution is -2.38. The molecule has 0 bridgehead atoms. The highest BCUT2D eigenvalue weighted by Crippen LogP contribution is 2.35. The monoisotopic (exact) mass is 293 g/mol. The fourth-order valence-electron chi connectivity index (χ4n) is 2.96. The van der Waals surface area contributed by atoms with Crippen molar-refractivity contribution in [2.24, 2.45) is 5.92 Å². The Morgan fingerprint density at radius 1 is 1.43 bits per heavy atom. The molecule has 21 heavy (non-hydrogen) atoms. The number of amides is 1. The van der Waals surface area contributed by atoms with E-state index in [2.05, 4.69) is 9.97 Å². The van der Waals surface area contributed by atoms with E-state index in [0.717, 1.165) is 6.20 Å². The number of hydrogen-bond acceptors (Lipinski definition) is 3. The average Bonchev–Trinajstić information content (AvgIpc) is 2.92. The predicted octanol–water partition coefficient (Wildman–Crippen LogP) is 2.13. The molecule has 0 aliphatic carbocycles. The lowest BCUT2D eigenvalue weighted by molar-refractivity contribution is 0.0582. The first-order valence-electron chi connectivity index (χ1n) is 6.84. The van der Waals surface area contributed by atoms with E-state index in [1.54, 1.807) is 6.20 Å². The van der Waals surface area contributed by atoms with Crippen LogP contribution in [-0.4, -0.2) is 44.3 Å². The molecule has 6 nitrogen and oxygen atoms in total. The molecule has 1 saturated heterocycles. The Balaban J connectivity index is 1.82. The molecule has 1 amide bonds. The van der Waals surface area contributed by atoms with Gasteiger partial charge in [-0.05, 0) is 18.8 Å². The standard InChI is InChI=1S/C14H16FN3O3/c15-10-6-16-7-11-12(10)9(5-17-11)13(19)8-1-3-18(4-2-8)14(20)21/h5-8,13,17,19H,1-4H2,(H,20,21). The number of halogens is 1. The summed E-state index contributed by atoms with van der Waals surface area (Å²) in [4.78, 5) is 18.9. The van der Waals surface area contributed by atoms with Crippen LogP contribution >= 0.6 is 0 Å². The Morgan fingerprint density at radius 3 is 2.81 bits per heavy atom. The minimum absolute atomic E-state index is 0.0767. The van der Waals surface area contributed by atoms with Gasteiger partial charge in [0.2, 0.25) is 0 Å². The van der Waals surface area contributed by atoms with Crippen molar-refractivity contribution in [3.8, 4) is 0 Å². The second-order valence-electron chi connectivity index (χ2n) is 5.34. The molecule has 3 rings (SSSR count). The molecule has 7 heteroatoms. The number of aromatic nitrogens is 2. The van der Waals surface area contributed by atoms with E-state index in [4.69, 9.17) is 5.11 Å². The zero-order chi connectivity index (χ0) is 15.0. The number of piperidine rings is 1. The van der Waals surface area contributed by atoms with Gasteiger partial charge >= 0.3 is 6.09 Å². The first kappa shape index (κ1) is 13.8. The Labute approximate surface area is 120 Å². The van der Waals surface area contributed by atoms with Gasteiger partial charge < -0.3 is 20.1 Å². The van der Waals surface area contributed by atoms with Crippen LogP contribution < -0.4 is 0 Å². The number of rotatable bonds is 2. The lowest BCUT2D eigenvalue weighted by atomic mass is 9.87. The quantitative estimate of drug-likeness (QED) is 0.791. The number of hydrogen-bond donors (Lipinski definition) is 3. The third-order valence-corrected chi connectivity index (χ3v) is 4.15. The number of aliphatic hydroxyl groups is 1. The first-order chi connectivity index (χ1) is 10.1. The summed E-state index contributed by atoms with van der Waals surface area (Å²) in [6.45, 7) is 0.785. The van der Waals surface area contributed by atoms with Gasteiger partial charge in [-0.1, -0.05) is 0 Å². The van der Waals surface area contributed by atoms with Crippen LogP contribution in [0.25, 0.3) is 10.9 Å². The van der Waals surface area contributed by atoms with Gasteiger partial charge in [-0.25, -0.2) is 9.18 Å². The summed E-state index contributed by atoms with van der Waals surface area (Å²) in [7, 11) is 0. The fraction of sp³-hybridized carbons (Fsp3) is 0.429. The van der Waals surface area contributed by atoms with Gasteiger partial charge in [-0.2, -0.15) is 0 Å². The first-order valence-corrected chi connectivity index (χ1v) is 6.84. The molecule has 0 saturated carbocycles. The minimum Gasteiger partial charge on any atom is -0.465 e. The van der Waals surface area contributed by atoms with Crippen molar-refractivity contribution in [1.82, 2.24) is 14.9 Å². The van der Waals surface area contributed by atoms with Gasteiger partial charge in [-0.15, -0.1) is 0 Å². The van der Waals surface area contributed by atoms with Crippen LogP contribution in [0.4, 0.5) is 9.18 Å². The number of nitrogens with one attached hydrogen (secondary N) is 1. The van der Waals surface area contributed by atoms with Crippen molar-refractivity contribution >= 4 is 17.0 Å². The average molecular weight is 293 g/mol. The van der Waals surface area contributed by atoms with E-state index in [-0.39, 0.29) is 5.92 Å². The van der Waals surface area contributed by atoms with E-state index in [1.807, 2.05) is 0 Å². The molecule has 1 aliphatic rings. The van der Waals surface area contributed by atoms with Gasteiger partial charge in [0.1, 0.15) is 0 Å². The largest absolute Gasteiger partial charge is 0.465 e. The highest BCUT2D eigenvalue weighted by molar-refractivity contribution is 5.83. The number of fused-ring (bicyclic) bond motifs is 1. The minimum atomic E-state index is -0.938. The molecule has 0 aromatic carbocycles. The molecule has 2 aromatic rings. The molecule has 0 spiro atoms. The third kappa shape index (κ3) is 2.44. The zero-order valence-corrected chi connectivity index (χ0v) is 11.3. The van der Waals surface area contributed by atoms with Crippen molar-refractivity contribution in [2.75, 3.05) is 13.1 Å². The van der Waals surface area contributed by atoms with E-state index >= 15 is 0 Å². The van der Waals surface area contributed by atoms with E-state index in [9.17, 15) is 14.3 Å². The summed E-state index contributed by atoms with van der Waals surface area (Å²) in [5.74, 6) is -0.544. The van der Waals surface area contributed by atoms with Crippen molar-refractivity contribution in [3.05, 3.63) is 30.0 Å². The number of likely N-dealkylation sites (tertiary alicyclic amines) is 1. The zero-order valence-electron chi connectivity index (χ0n) is 11.3. The van der Waals surface area contributed by atoms with Gasteiger partial charge in [-0.3, -0.25) is 4.98 Å². The molecule has 0 radical (unpaired) electrons. The van der Waals surface area contributed by atoms with Gasteiger partial charge in [0, 0.05) is 30.2 Å². The molecule has 1 unspecified atom stereocenters. The van der Waals surface area contributed by atoms with Crippen LogP contribution in [0.1, 0.15) is 24.5 Å². The number of aliphatic hydroxyl groups excluding tert-OH is 1. The SMILES string of the molecule is O=C(O)N1CCC(C(O)c2c[nH]c3cncc(F)c23)CC1. The van der Waals surface area contributed by atoms with Crippen molar-refractivity contribution in [3.63, 3.8) is 0 Å². The van der Waals surface area contributed by atoms with Crippen molar-refractivity contribution in [1.29, 1.82) is 0 Å². The number of nitrogens with zero attached hydrogens (tertiary/aromatic N) is 2. The predicted molar refractivity (Wildman–Crippen MR) is 73.3 cm³/mol. The van der Waals surface area contributed by atoms with Crippen LogP contribution in [0, 0.1) is 11.7 Å². The molecule has 1 aliphatic heterocycles. The molecule has 112 valence electrons. The van der Waals surface area contributed by atoms with E-state index in [0.29, 0.717) is 42.4 Å². The molecular formula is C14H16FN3O3. The number of pyridine rings is 1. The van der Waals surface area contributed by atoms with Crippen molar-refractivity contribution in [2.45, 2.75) is 18.9 Å².